The fraction of sp³-hybridized carbons (Fsp3) is 0.357. The molecular weight excluding hydrogens is 266 g/mol. The third-order valence-electron chi connectivity index (χ3n) is 3.14. The number of phenolic OH excluding ortho intramolecular Hbond substituents is 1. The number of hydrogen-bond acceptors (Lipinski definition) is 4. The third kappa shape index (κ3) is 2.60. The molecule has 0 radical (unpaired) electrons. The molecule has 2 rings (SSSR count). The van der Waals surface area contributed by atoms with Crippen LogP contribution in [-0.4, -0.2) is 12.2 Å². The third-order valence-corrected chi connectivity index (χ3v) is 3.14. The molecule has 0 spiro atoms. The first-order chi connectivity index (χ1) is 8.60. The van der Waals surface area contributed by atoms with Crippen LogP contribution in [-0.2, 0) is 13.0 Å². The lowest BCUT2D eigenvalue weighted by Gasteiger charge is -2.10. The maximum absolute atomic E-state index is 12.3. The van der Waals surface area contributed by atoms with Crippen LogP contribution in [0.3, 0.4) is 0 Å². The number of hydrogen-bond donors (Lipinski definition) is 2. The van der Waals surface area contributed by atoms with Gasteiger partial charge in [0.2, 0.25) is 0 Å². The molecule has 0 bridgehead atoms. The molecule has 2 N–H and O–H groups in total. The minimum absolute atomic E-state index is 0. The lowest BCUT2D eigenvalue weighted by molar-refractivity contribution is 0.462. The topological polar surface area (TPSA) is 62.5 Å². The van der Waals surface area contributed by atoms with Crippen molar-refractivity contribution in [2.24, 2.45) is 0 Å². The molecule has 2 aromatic rings. The summed E-state index contributed by atoms with van der Waals surface area (Å²) >= 11 is 0. The van der Waals surface area contributed by atoms with Gasteiger partial charge in [-0.15, -0.1) is 12.4 Å². The van der Waals surface area contributed by atoms with Crippen molar-refractivity contribution in [3.63, 3.8) is 0 Å². The molecule has 0 atom stereocenters. The van der Waals surface area contributed by atoms with Crippen molar-refractivity contribution in [2.75, 3.05) is 7.05 Å². The molecule has 104 valence electrons. The highest BCUT2D eigenvalue weighted by Gasteiger charge is 2.15. The van der Waals surface area contributed by atoms with E-state index in [1.807, 2.05) is 6.92 Å². The molecule has 0 saturated heterocycles. The van der Waals surface area contributed by atoms with Crippen molar-refractivity contribution in [1.29, 1.82) is 0 Å². The van der Waals surface area contributed by atoms with E-state index in [-0.39, 0.29) is 23.6 Å². The highest BCUT2D eigenvalue weighted by molar-refractivity contribution is 5.85. The van der Waals surface area contributed by atoms with Crippen molar-refractivity contribution in [3.05, 3.63) is 39.2 Å². The van der Waals surface area contributed by atoms with Crippen LogP contribution in [0.1, 0.15) is 23.8 Å². The van der Waals surface area contributed by atoms with E-state index in [0.717, 1.165) is 0 Å². The van der Waals surface area contributed by atoms with E-state index < -0.39 is 0 Å². The zero-order chi connectivity index (χ0) is 13.3. The van der Waals surface area contributed by atoms with Crippen LogP contribution in [0.25, 0.3) is 11.0 Å². The Morgan fingerprint density at radius 2 is 2.00 bits per heavy atom. The molecule has 0 amide bonds. The Morgan fingerprint density at radius 3 is 2.58 bits per heavy atom. The van der Waals surface area contributed by atoms with E-state index in [1.165, 1.54) is 0 Å². The maximum atomic E-state index is 12.3. The molecule has 0 fully saturated rings. The van der Waals surface area contributed by atoms with E-state index in [9.17, 15) is 9.90 Å². The number of benzene rings is 1. The average Bonchev–Trinajstić information content (AvgIpc) is 2.33. The second-order valence-electron chi connectivity index (χ2n) is 4.29. The molecule has 1 aromatic heterocycles. The standard InChI is InChI=1S/C14H17NO3.ClH/c1-4-9-8(2)18-14-10(13(9)17)5-6-12(16)11(14)7-15-3;/h5-6,15-16H,4,7H2,1-3H3;1H. The summed E-state index contributed by atoms with van der Waals surface area (Å²) in [7, 11) is 1.78. The highest BCUT2D eigenvalue weighted by atomic mass is 35.5. The van der Waals surface area contributed by atoms with Gasteiger partial charge >= 0.3 is 0 Å². The van der Waals surface area contributed by atoms with Gasteiger partial charge in [-0.05, 0) is 32.5 Å². The zero-order valence-electron chi connectivity index (χ0n) is 11.2. The van der Waals surface area contributed by atoms with Gasteiger partial charge in [0.1, 0.15) is 17.1 Å². The van der Waals surface area contributed by atoms with Gasteiger partial charge in [0, 0.05) is 12.1 Å². The van der Waals surface area contributed by atoms with E-state index in [4.69, 9.17) is 4.42 Å². The maximum Gasteiger partial charge on any atom is 0.196 e. The molecular formula is C14H18ClNO3. The van der Waals surface area contributed by atoms with Gasteiger partial charge < -0.3 is 14.8 Å². The van der Waals surface area contributed by atoms with Gasteiger partial charge in [-0.25, -0.2) is 0 Å². The predicted octanol–water partition coefficient (Wildman–Crippen LogP) is 2.51. The highest BCUT2D eigenvalue weighted by Crippen LogP contribution is 2.27. The summed E-state index contributed by atoms with van der Waals surface area (Å²) in [6.45, 7) is 4.17. The first-order valence-corrected chi connectivity index (χ1v) is 6.01. The Hall–Kier alpha value is -1.52. The normalized spacial score (nSPS) is 10.5. The quantitative estimate of drug-likeness (QED) is 0.908. The summed E-state index contributed by atoms with van der Waals surface area (Å²) < 4.78 is 5.73. The van der Waals surface area contributed by atoms with Crippen molar-refractivity contribution in [1.82, 2.24) is 5.32 Å². The molecule has 1 aromatic carbocycles. The van der Waals surface area contributed by atoms with Crippen LogP contribution in [0.15, 0.2) is 21.3 Å². The van der Waals surface area contributed by atoms with E-state index in [1.54, 1.807) is 26.1 Å². The zero-order valence-corrected chi connectivity index (χ0v) is 12.1. The summed E-state index contributed by atoms with van der Waals surface area (Å²) in [6, 6.07) is 3.16. The lowest BCUT2D eigenvalue weighted by atomic mass is 10.0. The number of phenols is 1. The largest absolute Gasteiger partial charge is 0.507 e. The Balaban J connectivity index is 0.00000180. The van der Waals surface area contributed by atoms with E-state index in [2.05, 4.69) is 5.32 Å². The lowest BCUT2D eigenvalue weighted by Crippen LogP contribution is -2.13. The van der Waals surface area contributed by atoms with Crippen molar-refractivity contribution >= 4 is 23.4 Å². The molecule has 1 heterocycles. The van der Waals surface area contributed by atoms with Crippen LogP contribution in [0, 0.1) is 6.92 Å². The SMILES string of the molecule is CCc1c(C)oc2c(CNC)c(O)ccc2c1=O.Cl. The van der Waals surface area contributed by atoms with Gasteiger partial charge in [0.25, 0.3) is 0 Å². The van der Waals surface area contributed by atoms with E-state index >= 15 is 0 Å². The predicted molar refractivity (Wildman–Crippen MR) is 78.3 cm³/mol. The van der Waals surface area contributed by atoms with Gasteiger partial charge in [-0.2, -0.15) is 0 Å². The number of halogens is 1. The van der Waals surface area contributed by atoms with Crippen molar-refractivity contribution < 1.29 is 9.52 Å². The summed E-state index contributed by atoms with van der Waals surface area (Å²) in [5.41, 5.74) is 1.79. The minimum Gasteiger partial charge on any atom is -0.507 e. The Kier molecular flexibility index (Phi) is 4.97. The van der Waals surface area contributed by atoms with Crippen LogP contribution in [0.2, 0.25) is 0 Å². The number of rotatable bonds is 3. The summed E-state index contributed by atoms with van der Waals surface area (Å²) in [5.74, 6) is 0.765. The fourth-order valence-electron chi connectivity index (χ4n) is 2.21. The molecule has 0 saturated carbocycles. The molecule has 0 unspecified atom stereocenters. The molecule has 5 heteroatoms. The smallest absolute Gasteiger partial charge is 0.196 e. The second kappa shape index (κ2) is 6.08. The number of fused-ring (bicyclic) bond motifs is 1. The molecule has 0 aliphatic carbocycles. The Morgan fingerprint density at radius 1 is 1.32 bits per heavy atom. The van der Waals surface area contributed by atoms with Crippen LogP contribution in [0.4, 0.5) is 0 Å². The summed E-state index contributed by atoms with van der Waals surface area (Å²) in [5, 5.41) is 13.3. The van der Waals surface area contributed by atoms with Crippen LogP contribution >= 0.6 is 12.4 Å². The number of aryl methyl sites for hydroxylation is 1. The van der Waals surface area contributed by atoms with Crippen molar-refractivity contribution in [3.8, 4) is 5.75 Å². The molecule has 0 aliphatic rings. The van der Waals surface area contributed by atoms with E-state index in [0.29, 0.717) is 40.8 Å². The molecule has 0 aliphatic heterocycles. The summed E-state index contributed by atoms with van der Waals surface area (Å²) in [4.78, 5) is 12.3. The van der Waals surface area contributed by atoms with Crippen molar-refractivity contribution in [2.45, 2.75) is 26.8 Å². The Bertz CT molecular complexity index is 649. The number of nitrogens with one attached hydrogen (secondary N) is 1. The molecule has 4 nitrogen and oxygen atoms in total. The molecule has 19 heavy (non-hydrogen) atoms. The van der Waals surface area contributed by atoms with Crippen LogP contribution < -0.4 is 10.7 Å². The van der Waals surface area contributed by atoms with Gasteiger partial charge in [0.15, 0.2) is 5.43 Å². The first kappa shape index (κ1) is 15.5. The Labute approximate surface area is 117 Å². The summed E-state index contributed by atoms with van der Waals surface area (Å²) in [6.07, 6.45) is 0.645. The van der Waals surface area contributed by atoms with Gasteiger partial charge in [0.05, 0.1) is 10.9 Å². The monoisotopic (exact) mass is 283 g/mol. The second-order valence-corrected chi connectivity index (χ2v) is 4.29. The minimum atomic E-state index is -0.00592. The van der Waals surface area contributed by atoms with Gasteiger partial charge in [-0.1, -0.05) is 6.92 Å². The average molecular weight is 284 g/mol. The van der Waals surface area contributed by atoms with Crippen LogP contribution in [0.5, 0.6) is 5.75 Å². The number of aromatic hydroxyl groups is 1. The first-order valence-electron chi connectivity index (χ1n) is 6.01. The fourth-order valence-corrected chi connectivity index (χ4v) is 2.21. The van der Waals surface area contributed by atoms with Gasteiger partial charge in [-0.3, -0.25) is 4.79 Å².